The fourth-order valence-corrected chi connectivity index (χ4v) is 3.88. The predicted octanol–water partition coefficient (Wildman–Crippen LogP) is 5.03. The van der Waals surface area contributed by atoms with E-state index in [0.717, 1.165) is 29.4 Å². The van der Waals surface area contributed by atoms with Gasteiger partial charge in [0, 0.05) is 23.1 Å². The van der Waals surface area contributed by atoms with Crippen molar-refractivity contribution in [1.82, 2.24) is 5.32 Å². The van der Waals surface area contributed by atoms with E-state index in [1.165, 1.54) is 0 Å². The molecular weight excluding hydrogens is 326 g/mol. The predicted molar refractivity (Wildman–Crippen MR) is 102 cm³/mol. The molecule has 26 heavy (non-hydrogen) atoms. The number of methoxy groups -OCH3 is 1. The van der Waals surface area contributed by atoms with Gasteiger partial charge in [0.2, 0.25) is 5.76 Å². The summed E-state index contributed by atoms with van der Waals surface area (Å²) in [7, 11) is 1.62. The van der Waals surface area contributed by atoms with Crippen LogP contribution in [0.1, 0.15) is 37.2 Å². The molecule has 1 aliphatic carbocycles. The number of fused-ring (bicyclic) bond motifs is 1. The molecule has 134 valence electrons. The molecule has 4 rings (SSSR count). The third kappa shape index (κ3) is 2.96. The fourth-order valence-electron chi connectivity index (χ4n) is 3.88. The van der Waals surface area contributed by atoms with Crippen LogP contribution in [0.3, 0.4) is 0 Å². The molecule has 4 nitrogen and oxygen atoms in total. The third-order valence-electron chi connectivity index (χ3n) is 5.10. The van der Waals surface area contributed by atoms with Crippen molar-refractivity contribution in [3.63, 3.8) is 0 Å². The first-order chi connectivity index (χ1) is 12.5. The summed E-state index contributed by atoms with van der Waals surface area (Å²) in [5, 5.41) is 4.04. The second-order valence-corrected chi connectivity index (χ2v) is 7.78. The fraction of sp³-hybridized carbons (Fsp3) is 0.318. The second kappa shape index (κ2) is 6.20. The summed E-state index contributed by atoms with van der Waals surface area (Å²) in [6, 6.07) is 15.8. The molecule has 1 N–H and O–H groups in total. The molecule has 0 unspecified atom stereocenters. The van der Waals surface area contributed by atoms with E-state index in [1.54, 1.807) is 7.11 Å². The number of amides is 1. The number of rotatable bonds is 4. The summed E-state index contributed by atoms with van der Waals surface area (Å²) in [4.78, 5) is 12.9. The average Bonchev–Trinajstić information content (AvgIpc) is 2.99. The molecule has 3 aromatic rings. The topological polar surface area (TPSA) is 51.5 Å². The van der Waals surface area contributed by atoms with Gasteiger partial charge in [-0.3, -0.25) is 4.79 Å². The molecule has 1 amide bonds. The van der Waals surface area contributed by atoms with Gasteiger partial charge in [-0.15, -0.1) is 0 Å². The van der Waals surface area contributed by atoms with Gasteiger partial charge in [-0.1, -0.05) is 44.2 Å². The van der Waals surface area contributed by atoms with Gasteiger partial charge in [-0.05, 0) is 36.0 Å². The van der Waals surface area contributed by atoms with Crippen LogP contribution in [0.2, 0.25) is 0 Å². The van der Waals surface area contributed by atoms with Crippen LogP contribution in [0.4, 0.5) is 0 Å². The number of carbonyl (C=O) groups is 1. The summed E-state index contributed by atoms with van der Waals surface area (Å²) in [6.45, 7) is 4.44. The normalized spacial score (nSPS) is 16.3. The molecule has 1 fully saturated rings. The van der Waals surface area contributed by atoms with Gasteiger partial charge >= 0.3 is 0 Å². The van der Waals surface area contributed by atoms with Crippen LogP contribution < -0.4 is 10.1 Å². The zero-order chi connectivity index (χ0) is 18.3. The van der Waals surface area contributed by atoms with Gasteiger partial charge in [0.25, 0.3) is 5.91 Å². The molecule has 1 saturated carbocycles. The molecule has 0 aliphatic heterocycles. The van der Waals surface area contributed by atoms with E-state index in [2.05, 4.69) is 19.2 Å². The highest BCUT2D eigenvalue weighted by Gasteiger charge is 2.37. The van der Waals surface area contributed by atoms with Gasteiger partial charge in [-0.25, -0.2) is 0 Å². The SMILES string of the molecule is COc1ccc2c(-c3ccccc3)c(C(=O)NC3CC(C)(C)C3)oc2c1. The van der Waals surface area contributed by atoms with Crippen molar-refractivity contribution in [3.05, 3.63) is 54.3 Å². The van der Waals surface area contributed by atoms with Crippen molar-refractivity contribution in [2.24, 2.45) is 5.41 Å². The summed E-state index contributed by atoms with van der Waals surface area (Å²) < 4.78 is 11.3. The molecule has 2 aromatic carbocycles. The van der Waals surface area contributed by atoms with Crippen molar-refractivity contribution < 1.29 is 13.9 Å². The first-order valence-corrected chi connectivity index (χ1v) is 8.94. The second-order valence-electron chi connectivity index (χ2n) is 7.78. The molecule has 1 aliphatic rings. The number of hydrogen-bond donors (Lipinski definition) is 1. The largest absolute Gasteiger partial charge is 0.497 e. The lowest BCUT2D eigenvalue weighted by Gasteiger charge is -2.42. The first-order valence-electron chi connectivity index (χ1n) is 8.94. The molecule has 0 spiro atoms. The minimum atomic E-state index is -0.153. The Labute approximate surface area is 153 Å². The number of furan rings is 1. The van der Waals surface area contributed by atoms with E-state index in [9.17, 15) is 4.79 Å². The minimum Gasteiger partial charge on any atom is -0.497 e. The molecule has 0 saturated heterocycles. The third-order valence-corrected chi connectivity index (χ3v) is 5.10. The van der Waals surface area contributed by atoms with E-state index in [1.807, 2.05) is 48.5 Å². The maximum absolute atomic E-state index is 12.9. The lowest BCUT2D eigenvalue weighted by molar-refractivity contribution is 0.0780. The number of hydrogen-bond acceptors (Lipinski definition) is 3. The van der Waals surface area contributed by atoms with E-state index in [4.69, 9.17) is 9.15 Å². The van der Waals surface area contributed by atoms with Crippen LogP contribution in [0, 0.1) is 5.41 Å². The lowest BCUT2D eigenvalue weighted by atomic mass is 9.68. The monoisotopic (exact) mass is 349 g/mol. The quantitative estimate of drug-likeness (QED) is 0.719. The van der Waals surface area contributed by atoms with Crippen LogP contribution in [0.25, 0.3) is 22.1 Å². The molecule has 1 heterocycles. The van der Waals surface area contributed by atoms with Crippen molar-refractivity contribution >= 4 is 16.9 Å². The van der Waals surface area contributed by atoms with Gasteiger partial charge in [0.05, 0.1) is 7.11 Å². The van der Waals surface area contributed by atoms with E-state index in [-0.39, 0.29) is 11.9 Å². The number of carbonyl (C=O) groups excluding carboxylic acids is 1. The van der Waals surface area contributed by atoms with E-state index in [0.29, 0.717) is 22.5 Å². The van der Waals surface area contributed by atoms with Crippen LogP contribution >= 0.6 is 0 Å². The van der Waals surface area contributed by atoms with Crippen molar-refractivity contribution in [2.75, 3.05) is 7.11 Å². The summed E-state index contributed by atoms with van der Waals surface area (Å²) in [5.74, 6) is 0.919. The standard InChI is InChI=1S/C22H23NO3/c1-22(2)12-15(13-22)23-21(24)20-19(14-7-5-4-6-8-14)17-10-9-16(25-3)11-18(17)26-20/h4-11,15H,12-13H2,1-3H3,(H,23,24). The summed E-state index contributed by atoms with van der Waals surface area (Å²) in [6.07, 6.45) is 1.99. The molecule has 0 atom stereocenters. The van der Waals surface area contributed by atoms with Gasteiger partial charge in [0.1, 0.15) is 11.3 Å². The van der Waals surface area contributed by atoms with Crippen LogP contribution in [-0.4, -0.2) is 19.1 Å². The van der Waals surface area contributed by atoms with E-state index >= 15 is 0 Å². The Balaban J connectivity index is 1.76. The Morgan fingerprint density at radius 1 is 1.15 bits per heavy atom. The Kier molecular flexibility index (Phi) is 3.98. The maximum Gasteiger partial charge on any atom is 0.287 e. The molecular formula is C22H23NO3. The van der Waals surface area contributed by atoms with Gasteiger partial charge in [0.15, 0.2) is 0 Å². The molecule has 4 heteroatoms. The Morgan fingerprint density at radius 3 is 2.54 bits per heavy atom. The minimum absolute atomic E-state index is 0.153. The summed E-state index contributed by atoms with van der Waals surface area (Å²) >= 11 is 0. The Bertz CT molecular complexity index is 948. The van der Waals surface area contributed by atoms with Crippen molar-refractivity contribution in [1.29, 1.82) is 0 Å². The Morgan fingerprint density at radius 2 is 1.88 bits per heavy atom. The number of nitrogens with one attached hydrogen (secondary N) is 1. The maximum atomic E-state index is 12.9. The van der Waals surface area contributed by atoms with Crippen LogP contribution in [-0.2, 0) is 0 Å². The number of benzene rings is 2. The highest BCUT2D eigenvalue weighted by Crippen LogP contribution is 2.41. The Hall–Kier alpha value is -2.75. The average molecular weight is 349 g/mol. The number of ether oxygens (including phenoxy) is 1. The molecule has 0 bridgehead atoms. The highest BCUT2D eigenvalue weighted by molar-refractivity contribution is 6.08. The van der Waals surface area contributed by atoms with Crippen molar-refractivity contribution in [2.45, 2.75) is 32.7 Å². The van der Waals surface area contributed by atoms with Gasteiger partial charge in [-0.2, -0.15) is 0 Å². The molecule has 1 aromatic heterocycles. The van der Waals surface area contributed by atoms with E-state index < -0.39 is 0 Å². The van der Waals surface area contributed by atoms with Crippen molar-refractivity contribution in [3.8, 4) is 16.9 Å². The zero-order valence-electron chi connectivity index (χ0n) is 15.3. The molecule has 0 radical (unpaired) electrons. The smallest absolute Gasteiger partial charge is 0.287 e. The lowest BCUT2D eigenvalue weighted by Crippen LogP contribution is -2.48. The zero-order valence-corrected chi connectivity index (χ0v) is 15.3. The summed E-state index contributed by atoms with van der Waals surface area (Å²) in [5.41, 5.74) is 2.76. The van der Waals surface area contributed by atoms with Crippen LogP contribution in [0.5, 0.6) is 5.75 Å². The van der Waals surface area contributed by atoms with Crippen LogP contribution in [0.15, 0.2) is 52.9 Å². The van der Waals surface area contributed by atoms with Gasteiger partial charge < -0.3 is 14.5 Å². The highest BCUT2D eigenvalue weighted by atomic mass is 16.5. The first kappa shape index (κ1) is 16.7.